The van der Waals surface area contributed by atoms with Gasteiger partial charge < -0.3 is 0 Å². The van der Waals surface area contributed by atoms with Gasteiger partial charge in [-0.2, -0.15) is 0 Å². The zero-order valence-electron chi connectivity index (χ0n) is 10.1. The van der Waals surface area contributed by atoms with Crippen molar-refractivity contribution in [1.29, 1.82) is 0 Å². The Kier molecular flexibility index (Phi) is 16.0. The molecule has 0 rings (SSSR count). The van der Waals surface area contributed by atoms with Gasteiger partial charge in [0.15, 0.2) is 0 Å². The molecule has 0 aromatic heterocycles. The Labute approximate surface area is 89.7 Å². The highest BCUT2D eigenvalue weighted by Crippen LogP contribution is 1.85. The quantitative estimate of drug-likeness (QED) is 0.546. The highest BCUT2D eigenvalue weighted by atomic mass is 13.7. The standard InChI is InChI=1S/C8H14.C6H10/c1-3-5-7-8-6-4-2;1-4-5-6(2)3/h5-8H,3-4H2,1-2H3;4-5H,1H2,2-3H3/b7-5+,8-6+;. The summed E-state index contributed by atoms with van der Waals surface area (Å²) in [5.41, 5.74) is 1.30. The van der Waals surface area contributed by atoms with Crippen molar-refractivity contribution in [2.24, 2.45) is 0 Å². The van der Waals surface area contributed by atoms with Crippen molar-refractivity contribution in [1.82, 2.24) is 0 Å². The van der Waals surface area contributed by atoms with Crippen LogP contribution < -0.4 is 0 Å². The summed E-state index contributed by atoms with van der Waals surface area (Å²) in [5, 5.41) is 0. The summed E-state index contributed by atoms with van der Waals surface area (Å²) in [7, 11) is 0. The van der Waals surface area contributed by atoms with Crippen LogP contribution in [0.15, 0.2) is 48.6 Å². The van der Waals surface area contributed by atoms with E-state index in [2.05, 4.69) is 44.7 Å². The third-order valence-corrected chi connectivity index (χ3v) is 1.31. The van der Waals surface area contributed by atoms with Crippen molar-refractivity contribution < 1.29 is 0 Å². The van der Waals surface area contributed by atoms with Crippen molar-refractivity contribution >= 4 is 0 Å². The Morgan fingerprint density at radius 3 is 1.57 bits per heavy atom. The van der Waals surface area contributed by atoms with Crippen LogP contribution in [0.3, 0.4) is 0 Å². The van der Waals surface area contributed by atoms with Crippen LogP contribution in [0.25, 0.3) is 0 Å². The lowest BCUT2D eigenvalue weighted by molar-refractivity contribution is 1.21. The van der Waals surface area contributed by atoms with Crippen LogP contribution in [0.5, 0.6) is 0 Å². The molecular weight excluding hydrogens is 168 g/mol. The molecule has 0 fully saturated rings. The predicted octanol–water partition coefficient (Wildman–Crippen LogP) is 5.06. The maximum Gasteiger partial charge on any atom is -0.0376 e. The summed E-state index contributed by atoms with van der Waals surface area (Å²) in [4.78, 5) is 0. The fourth-order valence-corrected chi connectivity index (χ4v) is 0.665. The molecule has 0 aliphatic carbocycles. The van der Waals surface area contributed by atoms with Gasteiger partial charge in [-0.25, -0.2) is 0 Å². The van der Waals surface area contributed by atoms with E-state index in [9.17, 15) is 0 Å². The van der Waals surface area contributed by atoms with E-state index in [0.717, 1.165) is 12.8 Å². The minimum atomic E-state index is 1.13. The third-order valence-electron chi connectivity index (χ3n) is 1.31. The summed E-state index contributed by atoms with van der Waals surface area (Å²) in [5.74, 6) is 0. The second-order valence-corrected chi connectivity index (χ2v) is 3.15. The highest BCUT2D eigenvalue weighted by Gasteiger charge is 1.63. The molecule has 0 saturated heterocycles. The van der Waals surface area contributed by atoms with Gasteiger partial charge in [-0.3, -0.25) is 0 Å². The zero-order valence-corrected chi connectivity index (χ0v) is 10.1. The van der Waals surface area contributed by atoms with Crippen molar-refractivity contribution in [3.63, 3.8) is 0 Å². The molecule has 0 aliphatic heterocycles. The topological polar surface area (TPSA) is 0 Å². The van der Waals surface area contributed by atoms with E-state index in [1.165, 1.54) is 5.57 Å². The first-order valence-electron chi connectivity index (χ1n) is 5.26. The molecule has 0 aliphatic rings. The van der Waals surface area contributed by atoms with Gasteiger partial charge in [0.2, 0.25) is 0 Å². The van der Waals surface area contributed by atoms with E-state index in [4.69, 9.17) is 0 Å². The first kappa shape index (κ1) is 15.4. The SMILES string of the molecule is C=CC=C(C)C.CC/C=C/C=C/CC. The molecule has 0 spiro atoms. The summed E-state index contributed by atoms with van der Waals surface area (Å²) >= 11 is 0. The first-order chi connectivity index (χ1) is 6.68. The van der Waals surface area contributed by atoms with Crippen LogP contribution in [-0.2, 0) is 0 Å². The third kappa shape index (κ3) is 22.4. The molecule has 0 aromatic rings. The van der Waals surface area contributed by atoms with Crippen LogP contribution in [0.1, 0.15) is 40.5 Å². The molecule has 0 atom stereocenters. The molecule has 80 valence electrons. The minimum Gasteiger partial charge on any atom is -0.0991 e. The molecule has 0 N–H and O–H groups in total. The normalized spacial score (nSPS) is 9.71. The van der Waals surface area contributed by atoms with Crippen LogP contribution >= 0.6 is 0 Å². The summed E-state index contributed by atoms with van der Waals surface area (Å²) in [6.07, 6.45) is 14.5. The maximum atomic E-state index is 3.52. The molecule has 0 unspecified atom stereocenters. The Hall–Kier alpha value is -1.04. The van der Waals surface area contributed by atoms with E-state index < -0.39 is 0 Å². The van der Waals surface area contributed by atoms with Crippen LogP contribution in [0.2, 0.25) is 0 Å². The van der Waals surface area contributed by atoms with E-state index in [-0.39, 0.29) is 0 Å². The highest BCUT2D eigenvalue weighted by molar-refractivity contribution is 5.04. The monoisotopic (exact) mass is 192 g/mol. The van der Waals surface area contributed by atoms with E-state index in [0.29, 0.717) is 0 Å². The number of hydrogen-bond donors (Lipinski definition) is 0. The second kappa shape index (κ2) is 14.5. The maximum absolute atomic E-state index is 3.52. The zero-order chi connectivity index (χ0) is 11.2. The molecule has 0 bridgehead atoms. The summed E-state index contributed by atoms with van der Waals surface area (Å²) in [6.45, 7) is 11.9. The van der Waals surface area contributed by atoms with Gasteiger partial charge in [0.1, 0.15) is 0 Å². The van der Waals surface area contributed by atoms with Crippen LogP contribution in [0.4, 0.5) is 0 Å². The molecular formula is C14H24. The fraction of sp³-hybridized carbons (Fsp3) is 0.429. The summed E-state index contributed by atoms with van der Waals surface area (Å²) in [6, 6.07) is 0. The molecule has 0 amide bonds. The van der Waals surface area contributed by atoms with Crippen molar-refractivity contribution in [3.8, 4) is 0 Å². The lowest BCUT2D eigenvalue weighted by atomic mass is 10.3. The van der Waals surface area contributed by atoms with Gasteiger partial charge in [-0.05, 0) is 26.7 Å². The molecule has 0 heteroatoms. The van der Waals surface area contributed by atoms with Gasteiger partial charge >= 0.3 is 0 Å². The smallest absolute Gasteiger partial charge is 0.0376 e. The van der Waals surface area contributed by atoms with Gasteiger partial charge in [-0.15, -0.1) is 0 Å². The van der Waals surface area contributed by atoms with Gasteiger partial charge in [-0.1, -0.05) is 62.5 Å². The Morgan fingerprint density at radius 1 is 1.00 bits per heavy atom. The molecule has 14 heavy (non-hydrogen) atoms. The van der Waals surface area contributed by atoms with E-state index in [1.807, 2.05) is 19.9 Å². The Bertz CT molecular complexity index is 176. The van der Waals surface area contributed by atoms with Crippen LogP contribution in [0, 0.1) is 0 Å². The van der Waals surface area contributed by atoms with Crippen molar-refractivity contribution in [3.05, 3.63) is 48.6 Å². The number of allylic oxidation sites excluding steroid dienone is 7. The molecule has 0 aromatic carbocycles. The Balaban J connectivity index is 0. The van der Waals surface area contributed by atoms with Crippen molar-refractivity contribution in [2.45, 2.75) is 40.5 Å². The number of hydrogen-bond acceptors (Lipinski definition) is 0. The van der Waals surface area contributed by atoms with Crippen molar-refractivity contribution in [2.75, 3.05) is 0 Å². The Morgan fingerprint density at radius 2 is 1.43 bits per heavy atom. The van der Waals surface area contributed by atoms with Gasteiger partial charge in [0.25, 0.3) is 0 Å². The van der Waals surface area contributed by atoms with Gasteiger partial charge in [0, 0.05) is 0 Å². The summed E-state index contributed by atoms with van der Waals surface area (Å²) < 4.78 is 0. The average molecular weight is 192 g/mol. The largest absolute Gasteiger partial charge is 0.0991 e. The average Bonchev–Trinajstić information content (AvgIpc) is 2.13. The van der Waals surface area contributed by atoms with E-state index >= 15 is 0 Å². The first-order valence-corrected chi connectivity index (χ1v) is 5.26. The minimum absolute atomic E-state index is 1.13. The van der Waals surface area contributed by atoms with E-state index in [1.54, 1.807) is 6.08 Å². The molecule has 0 radical (unpaired) electrons. The molecule has 0 heterocycles. The molecule has 0 nitrogen and oxygen atoms in total. The lowest BCUT2D eigenvalue weighted by Gasteiger charge is -1.76. The second-order valence-electron chi connectivity index (χ2n) is 3.15. The lowest BCUT2D eigenvalue weighted by Crippen LogP contribution is -1.54. The molecule has 0 saturated carbocycles. The fourth-order valence-electron chi connectivity index (χ4n) is 0.665. The number of rotatable bonds is 4. The van der Waals surface area contributed by atoms with Crippen LogP contribution in [-0.4, -0.2) is 0 Å². The van der Waals surface area contributed by atoms with Gasteiger partial charge in [0.05, 0.1) is 0 Å². The predicted molar refractivity (Wildman–Crippen MR) is 68.5 cm³/mol.